The molecule has 4 heterocycles. The van der Waals surface area contributed by atoms with Crippen molar-refractivity contribution in [3.05, 3.63) is 59.5 Å². The van der Waals surface area contributed by atoms with Crippen LogP contribution in [0.3, 0.4) is 0 Å². The summed E-state index contributed by atoms with van der Waals surface area (Å²) in [7, 11) is 4.02. The molecule has 1 aromatic carbocycles. The van der Waals surface area contributed by atoms with Crippen LogP contribution < -0.4 is 5.32 Å². The van der Waals surface area contributed by atoms with Crippen molar-refractivity contribution in [1.82, 2.24) is 34.1 Å². The van der Waals surface area contributed by atoms with E-state index in [1.165, 1.54) is 5.56 Å². The van der Waals surface area contributed by atoms with Gasteiger partial charge in [-0.05, 0) is 69.5 Å². The summed E-state index contributed by atoms with van der Waals surface area (Å²) in [5, 5.41) is 17.8. The zero-order valence-electron chi connectivity index (χ0n) is 23.5. The number of fused-ring (bicyclic) bond motifs is 1. The van der Waals surface area contributed by atoms with Crippen LogP contribution in [0.25, 0.3) is 22.3 Å². The normalized spacial score (nSPS) is 20.7. The van der Waals surface area contributed by atoms with Crippen molar-refractivity contribution in [2.45, 2.75) is 51.3 Å². The molecule has 10 nitrogen and oxygen atoms in total. The van der Waals surface area contributed by atoms with Crippen LogP contribution >= 0.6 is 0 Å². The number of nitrogens with one attached hydrogen (secondary N) is 1. The van der Waals surface area contributed by atoms with Crippen molar-refractivity contribution in [3.8, 4) is 11.3 Å². The first-order valence-corrected chi connectivity index (χ1v) is 14.2. The topological polar surface area (TPSA) is 104 Å². The van der Waals surface area contributed by atoms with Crippen molar-refractivity contribution in [2.75, 3.05) is 38.5 Å². The highest BCUT2D eigenvalue weighted by atomic mass is 16.3. The molecular formula is C30H38N8O2. The number of benzene rings is 1. The molecule has 10 heteroatoms. The molecule has 0 unspecified atom stereocenters. The van der Waals surface area contributed by atoms with Crippen molar-refractivity contribution < 1.29 is 9.90 Å². The molecule has 6 rings (SSSR count). The van der Waals surface area contributed by atoms with E-state index >= 15 is 0 Å². The van der Waals surface area contributed by atoms with Gasteiger partial charge in [0.1, 0.15) is 0 Å². The zero-order chi connectivity index (χ0) is 27.8. The van der Waals surface area contributed by atoms with E-state index in [4.69, 9.17) is 4.98 Å². The Morgan fingerprint density at radius 1 is 1.07 bits per heavy atom. The zero-order valence-corrected chi connectivity index (χ0v) is 23.5. The fourth-order valence-corrected chi connectivity index (χ4v) is 6.01. The number of anilines is 1. The lowest BCUT2D eigenvalue weighted by molar-refractivity contribution is 0.101. The van der Waals surface area contributed by atoms with Gasteiger partial charge in [0.25, 0.3) is 5.91 Å². The lowest BCUT2D eigenvalue weighted by Gasteiger charge is -2.32. The van der Waals surface area contributed by atoms with Gasteiger partial charge in [-0.3, -0.25) is 24.7 Å². The molecule has 1 amide bonds. The number of carbonyl (C=O) groups excluding carboxylic acids is 1. The number of carbonyl (C=O) groups is 1. The first kappa shape index (κ1) is 26.6. The van der Waals surface area contributed by atoms with Crippen LogP contribution in [0.4, 0.5) is 5.95 Å². The number of aromatic nitrogens is 5. The number of rotatable bonds is 6. The standard InChI is InChI=1S/C30H38N8O2/c1-20-13-22(15-26(32-20)23-17-31-36(3)19-23)29(40)34-30-33-27-14-21(18-37-11-9-35(2)10-12-37)7-8-28(27)38(30)24-5-4-6-25(39)16-24/h7-8,13-15,17,19,24-25,39H,4-6,9-12,16,18H2,1-3H3,(H,33,34,40)/t24-,25-/m0/s1. The molecule has 0 spiro atoms. The molecule has 2 atom stereocenters. The minimum absolute atomic E-state index is 0.0673. The van der Waals surface area contributed by atoms with E-state index in [0.29, 0.717) is 23.6 Å². The second-order valence-corrected chi connectivity index (χ2v) is 11.4. The van der Waals surface area contributed by atoms with Gasteiger partial charge in [0.2, 0.25) is 5.95 Å². The number of nitrogens with zero attached hydrogens (tertiary/aromatic N) is 7. The summed E-state index contributed by atoms with van der Waals surface area (Å²) in [6, 6.07) is 10.1. The first-order valence-electron chi connectivity index (χ1n) is 14.2. The predicted octanol–water partition coefficient (Wildman–Crippen LogP) is 3.62. The van der Waals surface area contributed by atoms with Crippen LogP contribution in [0.1, 0.15) is 53.3 Å². The molecule has 3 aromatic heterocycles. The number of pyridine rings is 1. The number of likely N-dealkylation sites (N-methyl/N-ethyl adjacent to an activating group) is 1. The Morgan fingerprint density at radius 2 is 1.90 bits per heavy atom. The maximum Gasteiger partial charge on any atom is 0.258 e. The van der Waals surface area contributed by atoms with E-state index in [1.54, 1.807) is 23.0 Å². The van der Waals surface area contributed by atoms with Crippen LogP contribution in [0.2, 0.25) is 0 Å². The van der Waals surface area contributed by atoms with E-state index in [9.17, 15) is 9.90 Å². The maximum atomic E-state index is 13.6. The summed E-state index contributed by atoms with van der Waals surface area (Å²) < 4.78 is 3.85. The fourth-order valence-electron chi connectivity index (χ4n) is 6.01. The van der Waals surface area contributed by atoms with Gasteiger partial charge < -0.3 is 14.6 Å². The minimum Gasteiger partial charge on any atom is -0.393 e. The number of aryl methyl sites for hydroxylation is 2. The van der Waals surface area contributed by atoms with Crippen molar-refractivity contribution >= 4 is 22.9 Å². The number of hydrogen-bond donors (Lipinski definition) is 2. The van der Waals surface area contributed by atoms with Crippen molar-refractivity contribution in [3.63, 3.8) is 0 Å². The van der Waals surface area contributed by atoms with Crippen molar-refractivity contribution in [2.24, 2.45) is 7.05 Å². The molecule has 0 radical (unpaired) electrons. The summed E-state index contributed by atoms with van der Waals surface area (Å²) in [6.45, 7) is 7.03. The number of piperazine rings is 1. The molecule has 0 bridgehead atoms. The highest BCUT2D eigenvalue weighted by Crippen LogP contribution is 2.35. The number of imidazole rings is 1. The highest BCUT2D eigenvalue weighted by Gasteiger charge is 2.27. The molecule has 2 fully saturated rings. The van der Waals surface area contributed by atoms with Crippen LogP contribution in [-0.2, 0) is 13.6 Å². The molecule has 40 heavy (non-hydrogen) atoms. The predicted molar refractivity (Wildman–Crippen MR) is 155 cm³/mol. The van der Waals surface area contributed by atoms with E-state index in [-0.39, 0.29) is 18.1 Å². The molecule has 2 aliphatic rings. The molecule has 4 aromatic rings. The highest BCUT2D eigenvalue weighted by molar-refractivity contribution is 6.04. The molecule has 210 valence electrons. The summed E-state index contributed by atoms with van der Waals surface area (Å²) in [6.07, 6.45) is 6.63. The van der Waals surface area contributed by atoms with Gasteiger partial charge in [-0.1, -0.05) is 6.07 Å². The molecule has 2 N–H and O–H groups in total. The van der Waals surface area contributed by atoms with Gasteiger partial charge in [0.15, 0.2) is 0 Å². The Labute approximate surface area is 234 Å². The van der Waals surface area contributed by atoms with Gasteiger partial charge in [-0.15, -0.1) is 0 Å². The largest absolute Gasteiger partial charge is 0.393 e. The Bertz CT molecular complexity index is 1520. The van der Waals surface area contributed by atoms with Gasteiger partial charge >= 0.3 is 0 Å². The second-order valence-electron chi connectivity index (χ2n) is 11.4. The van der Waals surface area contributed by atoms with E-state index in [1.807, 2.05) is 20.2 Å². The SMILES string of the molecule is Cc1cc(C(=O)Nc2nc3cc(CN4CCN(C)CC4)ccc3n2[C@H]2CCC[C@H](O)C2)cc(-c2cnn(C)c2)n1. The van der Waals surface area contributed by atoms with E-state index in [0.717, 1.165) is 74.3 Å². The maximum absolute atomic E-state index is 13.6. The molecular weight excluding hydrogens is 504 g/mol. The number of hydrogen-bond acceptors (Lipinski definition) is 7. The Morgan fingerprint density at radius 3 is 2.65 bits per heavy atom. The Hall–Kier alpha value is -3.60. The summed E-state index contributed by atoms with van der Waals surface area (Å²) in [5.74, 6) is 0.287. The van der Waals surface area contributed by atoms with E-state index in [2.05, 4.69) is 55.0 Å². The minimum atomic E-state index is -0.346. The van der Waals surface area contributed by atoms with Crippen molar-refractivity contribution in [1.29, 1.82) is 0 Å². The average Bonchev–Trinajstić information content (AvgIpc) is 3.52. The van der Waals surface area contributed by atoms with Gasteiger partial charge in [0.05, 0.1) is 29.0 Å². The molecule has 1 saturated carbocycles. The summed E-state index contributed by atoms with van der Waals surface area (Å²) in [5.41, 5.74) is 5.90. The van der Waals surface area contributed by atoms with Gasteiger partial charge in [-0.2, -0.15) is 5.10 Å². The third-order valence-corrected chi connectivity index (χ3v) is 8.18. The van der Waals surface area contributed by atoms with Gasteiger partial charge in [-0.25, -0.2) is 4.98 Å². The van der Waals surface area contributed by atoms with Crippen LogP contribution in [0, 0.1) is 6.92 Å². The molecule has 1 saturated heterocycles. The Balaban J connectivity index is 1.32. The van der Waals surface area contributed by atoms with Crippen LogP contribution in [0.5, 0.6) is 0 Å². The summed E-state index contributed by atoms with van der Waals surface area (Å²) >= 11 is 0. The third kappa shape index (κ3) is 5.65. The number of aliphatic hydroxyl groups excluding tert-OH is 1. The molecule has 1 aliphatic heterocycles. The van der Waals surface area contributed by atoms with Crippen LogP contribution in [0.15, 0.2) is 42.7 Å². The van der Waals surface area contributed by atoms with Crippen LogP contribution in [-0.4, -0.2) is 84.5 Å². The number of amides is 1. The first-order chi connectivity index (χ1) is 19.3. The van der Waals surface area contributed by atoms with E-state index < -0.39 is 0 Å². The lowest BCUT2D eigenvalue weighted by Crippen LogP contribution is -2.43. The second kappa shape index (κ2) is 11.1. The number of aliphatic hydroxyl groups is 1. The third-order valence-electron chi connectivity index (χ3n) is 8.18. The Kier molecular flexibility index (Phi) is 7.39. The lowest BCUT2D eigenvalue weighted by atomic mass is 9.92. The monoisotopic (exact) mass is 542 g/mol. The smallest absolute Gasteiger partial charge is 0.258 e. The average molecular weight is 543 g/mol. The summed E-state index contributed by atoms with van der Waals surface area (Å²) in [4.78, 5) is 28.0. The van der Waals surface area contributed by atoms with Gasteiger partial charge in [0, 0.05) is 68.8 Å². The quantitative estimate of drug-likeness (QED) is 0.384. The fraction of sp³-hybridized carbons (Fsp3) is 0.467. The molecule has 1 aliphatic carbocycles.